The first-order valence-electron chi connectivity index (χ1n) is 9.19. The fraction of sp³-hybridized carbons (Fsp3) is 0.455. The zero-order valence-electron chi connectivity index (χ0n) is 15.0. The maximum absolute atomic E-state index is 6.36. The second-order valence-corrected chi connectivity index (χ2v) is 8.37. The molecule has 2 nitrogen and oxygen atoms in total. The van der Waals surface area contributed by atoms with Crippen LogP contribution in [-0.4, -0.2) is 12.1 Å². The molecule has 1 saturated heterocycles. The van der Waals surface area contributed by atoms with Gasteiger partial charge in [-0.05, 0) is 49.7 Å². The van der Waals surface area contributed by atoms with Crippen molar-refractivity contribution in [3.63, 3.8) is 0 Å². The summed E-state index contributed by atoms with van der Waals surface area (Å²) >= 11 is 0. The topological polar surface area (TPSA) is 16.4 Å². The summed E-state index contributed by atoms with van der Waals surface area (Å²) in [6, 6.07) is 14.1. The molecule has 2 fully saturated rings. The summed E-state index contributed by atoms with van der Waals surface area (Å²) in [6.45, 7) is 9.56. The van der Waals surface area contributed by atoms with Gasteiger partial charge in [0.15, 0.2) is 5.58 Å². The summed E-state index contributed by atoms with van der Waals surface area (Å²) < 4.78 is 6.36. The van der Waals surface area contributed by atoms with Gasteiger partial charge in [-0.3, -0.25) is 0 Å². The number of furan rings is 1. The van der Waals surface area contributed by atoms with Gasteiger partial charge >= 0.3 is 0 Å². The fourth-order valence-electron chi connectivity index (χ4n) is 5.72. The second kappa shape index (κ2) is 4.56. The fourth-order valence-corrected chi connectivity index (χ4v) is 5.72. The minimum absolute atomic E-state index is 0.389. The van der Waals surface area contributed by atoms with Gasteiger partial charge in [-0.2, -0.15) is 0 Å². The standard InChI is InChI=1S/C22H25NO/c1-13-9-10-16-15-7-5-6-8-18(15)24-21(16)20(13)23-14(2)17-11-12-19(23)22(17,3)4/h5-10,14,17,19H,11-12H2,1-4H3. The van der Waals surface area contributed by atoms with Crippen molar-refractivity contribution in [2.24, 2.45) is 11.3 Å². The molecule has 3 aromatic rings. The summed E-state index contributed by atoms with van der Waals surface area (Å²) in [5.41, 5.74) is 5.12. The van der Waals surface area contributed by atoms with Gasteiger partial charge in [-0.1, -0.05) is 44.2 Å². The molecule has 3 unspecified atom stereocenters. The van der Waals surface area contributed by atoms with Crippen LogP contribution in [-0.2, 0) is 0 Å². The molecular formula is C22H25NO. The van der Waals surface area contributed by atoms with E-state index in [0.717, 1.165) is 17.1 Å². The zero-order chi connectivity index (χ0) is 16.6. The average Bonchev–Trinajstić information content (AvgIpc) is 3.12. The Hall–Kier alpha value is -1.96. The molecule has 2 aromatic carbocycles. The van der Waals surface area contributed by atoms with Crippen LogP contribution in [0.15, 0.2) is 40.8 Å². The van der Waals surface area contributed by atoms with Crippen molar-refractivity contribution in [1.29, 1.82) is 0 Å². The number of nitrogens with zero attached hydrogens (tertiary/aromatic N) is 1. The van der Waals surface area contributed by atoms with E-state index in [1.54, 1.807) is 0 Å². The van der Waals surface area contributed by atoms with Crippen molar-refractivity contribution in [1.82, 2.24) is 0 Å². The molecule has 1 aliphatic heterocycles. The van der Waals surface area contributed by atoms with E-state index < -0.39 is 0 Å². The Labute approximate surface area is 143 Å². The van der Waals surface area contributed by atoms with Gasteiger partial charge in [-0.25, -0.2) is 0 Å². The summed E-state index contributed by atoms with van der Waals surface area (Å²) in [5, 5.41) is 2.48. The number of aryl methyl sites for hydroxylation is 1. The Morgan fingerprint density at radius 2 is 1.83 bits per heavy atom. The van der Waals surface area contributed by atoms with Crippen molar-refractivity contribution in [3.05, 3.63) is 42.0 Å². The molecule has 2 heteroatoms. The number of hydrogen-bond acceptors (Lipinski definition) is 2. The predicted octanol–water partition coefficient (Wildman–Crippen LogP) is 5.91. The summed E-state index contributed by atoms with van der Waals surface area (Å²) in [5.74, 6) is 0.779. The lowest BCUT2D eigenvalue weighted by Gasteiger charge is -2.36. The van der Waals surface area contributed by atoms with Crippen LogP contribution in [0.1, 0.15) is 39.2 Å². The summed E-state index contributed by atoms with van der Waals surface area (Å²) in [4.78, 5) is 2.69. The molecule has 2 aliphatic rings. The van der Waals surface area contributed by atoms with E-state index in [1.165, 1.54) is 34.9 Å². The molecule has 1 aromatic heterocycles. The molecule has 124 valence electrons. The molecule has 0 spiro atoms. The monoisotopic (exact) mass is 319 g/mol. The van der Waals surface area contributed by atoms with E-state index in [0.29, 0.717) is 17.5 Å². The SMILES string of the molecule is Cc1ccc2c(oc3ccccc32)c1N1C(C)C2CCC1C2(C)C. The number of hydrogen-bond donors (Lipinski definition) is 0. The molecule has 3 atom stereocenters. The first kappa shape index (κ1) is 14.4. The minimum atomic E-state index is 0.389. The Morgan fingerprint density at radius 1 is 1.04 bits per heavy atom. The first-order chi connectivity index (χ1) is 11.5. The Kier molecular flexibility index (Phi) is 2.73. The van der Waals surface area contributed by atoms with Crippen LogP contribution in [0, 0.1) is 18.3 Å². The largest absolute Gasteiger partial charge is 0.454 e. The molecule has 0 N–H and O–H groups in total. The van der Waals surface area contributed by atoms with Gasteiger partial charge in [-0.15, -0.1) is 0 Å². The maximum Gasteiger partial charge on any atom is 0.158 e. The van der Waals surface area contributed by atoms with E-state index >= 15 is 0 Å². The van der Waals surface area contributed by atoms with Gasteiger partial charge in [0.1, 0.15) is 5.58 Å². The van der Waals surface area contributed by atoms with Crippen LogP contribution < -0.4 is 4.90 Å². The highest BCUT2D eigenvalue weighted by atomic mass is 16.3. The van der Waals surface area contributed by atoms with Crippen molar-refractivity contribution < 1.29 is 4.42 Å². The number of fused-ring (bicyclic) bond motifs is 5. The maximum atomic E-state index is 6.36. The normalized spacial score (nSPS) is 28.3. The van der Waals surface area contributed by atoms with E-state index in [2.05, 4.69) is 69.0 Å². The lowest BCUT2D eigenvalue weighted by atomic mass is 9.80. The van der Waals surface area contributed by atoms with Crippen LogP contribution in [0.3, 0.4) is 0 Å². The predicted molar refractivity (Wildman–Crippen MR) is 101 cm³/mol. The van der Waals surface area contributed by atoms with Crippen LogP contribution in [0.25, 0.3) is 21.9 Å². The number of piperidine rings is 1. The van der Waals surface area contributed by atoms with Crippen LogP contribution >= 0.6 is 0 Å². The third-order valence-electron chi connectivity index (χ3n) is 6.90. The van der Waals surface area contributed by atoms with Crippen LogP contribution in [0.5, 0.6) is 0 Å². The minimum Gasteiger partial charge on any atom is -0.454 e. The molecule has 2 heterocycles. The first-order valence-corrected chi connectivity index (χ1v) is 9.19. The third-order valence-corrected chi connectivity index (χ3v) is 6.90. The third kappa shape index (κ3) is 1.62. The van der Waals surface area contributed by atoms with Crippen molar-refractivity contribution in [2.75, 3.05) is 4.90 Å². The molecule has 24 heavy (non-hydrogen) atoms. The number of para-hydroxylation sites is 1. The molecule has 5 rings (SSSR count). The van der Waals surface area contributed by atoms with E-state index in [-0.39, 0.29) is 0 Å². The highest BCUT2D eigenvalue weighted by Gasteiger charge is 2.56. The Balaban J connectivity index is 1.79. The van der Waals surface area contributed by atoms with E-state index in [4.69, 9.17) is 4.42 Å². The molecule has 0 amide bonds. The van der Waals surface area contributed by atoms with Crippen LogP contribution in [0.2, 0.25) is 0 Å². The summed E-state index contributed by atoms with van der Waals surface area (Å²) in [6.07, 6.45) is 2.67. The Bertz CT molecular complexity index is 951. The van der Waals surface area contributed by atoms with Gasteiger partial charge in [0.2, 0.25) is 0 Å². The van der Waals surface area contributed by atoms with Gasteiger partial charge in [0, 0.05) is 22.9 Å². The average molecular weight is 319 g/mol. The zero-order valence-corrected chi connectivity index (χ0v) is 15.0. The quantitative estimate of drug-likeness (QED) is 0.554. The van der Waals surface area contributed by atoms with Gasteiger partial charge < -0.3 is 9.32 Å². The molecular weight excluding hydrogens is 294 g/mol. The Morgan fingerprint density at radius 3 is 2.58 bits per heavy atom. The summed E-state index contributed by atoms with van der Waals surface area (Å²) in [7, 11) is 0. The smallest absolute Gasteiger partial charge is 0.158 e. The lowest BCUT2D eigenvalue weighted by Crippen LogP contribution is -2.40. The highest BCUT2D eigenvalue weighted by molar-refractivity contribution is 6.09. The van der Waals surface area contributed by atoms with Crippen molar-refractivity contribution in [2.45, 2.75) is 52.6 Å². The molecule has 1 saturated carbocycles. The number of anilines is 1. The van der Waals surface area contributed by atoms with Crippen molar-refractivity contribution >= 4 is 27.6 Å². The van der Waals surface area contributed by atoms with Crippen LogP contribution in [0.4, 0.5) is 5.69 Å². The lowest BCUT2D eigenvalue weighted by molar-refractivity contribution is 0.286. The second-order valence-electron chi connectivity index (χ2n) is 8.37. The molecule has 0 radical (unpaired) electrons. The number of rotatable bonds is 1. The molecule has 1 aliphatic carbocycles. The van der Waals surface area contributed by atoms with Gasteiger partial charge in [0.25, 0.3) is 0 Å². The van der Waals surface area contributed by atoms with E-state index in [1.807, 2.05) is 0 Å². The molecule has 2 bridgehead atoms. The number of benzene rings is 2. The highest BCUT2D eigenvalue weighted by Crippen LogP contribution is 2.57. The van der Waals surface area contributed by atoms with E-state index in [9.17, 15) is 0 Å². The van der Waals surface area contributed by atoms with Gasteiger partial charge in [0.05, 0.1) is 5.69 Å². The van der Waals surface area contributed by atoms with Crippen molar-refractivity contribution in [3.8, 4) is 0 Å².